The molecule has 2 aromatic rings. The fourth-order valence-corrected chi connectivity index (χ4v) is 4.47. The van der Waals surface area contributed by atoms with Crippen molar-refractivity contribution >= 4 is 55.2 Å². The number of hydrogen-bond donors (Lipinski definition) is 3. The molecule has 0 spiro atoms. The summed E-state index contributed by atoms with van der Waals surface area (Å²) < 4.78 is 27.1. The van der Waals surface area contributed by atoms with Gasteiger partial charge in [-0.3, -0.25) is 19.7 Å². The minimum Gasteiger partial charge on any atom is -0.302 e. The van der Waals surface area contributed by atoms with Gasteiger partial charge in [0.1, 0.15) is 10.7 Å². The monoisotopic (exact) mass is 434 g/mol. The number of carbonyl (C=O) groups is 2. The highest BCUT2D eigenvalue weighted by molar-refractivity contribution is 7.93. The van der Waals surface area contributed by atoms with Crippen LogP contribution >= 0.6 is 11.3 Å². The fraction of sp³-hybridized carbons (Fsp3) is 0.294. The first-order chi connectivity index (χ1) is 13.6. The molecule has 1 aliphatic carbocycles. The molecule has 0 bridgehead atoms. The number of hydrazone groups is 1. The highest BCUT2D eigenvalue weighted by Gasteiger charge is 2.40. The first-order valence-electron chi connectivity index (χ1n) is 8.53. The lowest BCUT2D eigenvalue weighted by atomic mass is 9.78. The van der Waals surface area contributed by atoms with Crippen molar-refractivity contribution in [1.82, 2.24) is 10.2 Å². The Kier molecular flexibility index (Phi) is 5.57. The number of aromatic nitrogens is 2. The molecule has 2 atom stereocenters. The Morgan fingerprint density at radius 3 is 2.34 bits per heavy atom. The van der Waals surface area contributed by atoms with Gasteiger partial charge in [0.15, 0.2) is 11.6 Å². The summed E-state index contributed by atoms with van der Waals surface area (Å²) >= 11 is 1.12. The maximum Gasteiger partial charge on any atom is 0.263 e. The number of nitrogens with zero attached hydrogens (tertiary/aromatic N) is 3. The van der Waals surface area contributed by atoms with Gasteiger partial charge in [0, 0.05) is 0 Å². The van der Waals surface area contributed by atoms with Gasteiger partial charge < -0.3 is 5.41 Å². The van der Waals surface area contributed by atoms with Crippen LogP contribution in [0.2, 0.25) is 0 Å². The molecular formula is C17H18N6O4S2. The van der Waals surface area contributed by atoms with E-state index in [2.05, 4.69) is 25.4 Å². The molecule has 12 heteroatoms. The van der Waals surface area contributed by atoms with E-state index in [4.69, 9.17) is 5.41 Å². The zero-order valence-corrected chi connectivity index (χ0v) is 17.4. The third-order valence-corrected chi connectivity index (χ3v) is 6.62. The van der Waals surface area contributed by atoms with Crippen molar-refractivity contribution < 1.29 is 18.0 Å². The Morgan fingerprint density at radius 2 is 1.76 bits per heavy atom. The summed E-state index contributed by atoms with van der Waals surface area (Å²) in [5.41, 5.74) is 2.82. The van der Waals surface area contributed by atoms with Crippen LogP contribution < -0.4 is 10.1 Å². The molecular weight excluding hydrogens is 416 g/mol. The molecule has 0 aliphatic heterocycles. The second-order valence-electron chi connectivity index (χ2n) is 6.45. The highest BCUT2D eigenvalue weighted by Crippen LogP contribution is 2.22. The lowest BCUT2D eigenvalue weighted by Crippen LogP contribution is -2.46. The second kappa shape index (κ2) is 7.79. The van der Waals surface area contributed by atoms with E-state index in [0.717, 1.165) is 11.3 Å². The fourth-order valence-electron chi connectivity index (χ4n) is 2.65. The normalized spacial score (nSPS) is 21.5. The number of hydrogen-bond acceptors (Lipinski definition) is 10. The Labute approximate surface area is 171 Å². The van der Waals surface area contributed by atoms with Gasteiger partial charge in [-0.25, -0.2) is 8.42 Å². The Hall–Kier alpha value is -2.99. The predicted molar refractivity (Wildman–Crippen MR) is 109 cm³/mol. The van der Waals surface area contributed by atoms with Crippen molar-refractivity contribution in [2.24, 2.45) is 16.9 Å². The molecule has 10 nitrogen and oxygen atoms in total. The van der Waals surface area contributed by atoms with Gasteiger partial charge in [-0.15, -0.1) is 10.2 Å². The molecule has 1 saturated carbocycles. The van der Waals surface area contributed by atoms with Gasteiger partial charge in [-0.05, 0) is 45.0 Å². The van der Waals surface area contributed by atoms with Crippen LogP contribution in [0, 0.1) is 24.2 Å². The minimum atomic E-state index is -3.82. The quantitative estimate of drug-likeness (QED) is 0.479. The number of anilines is 2. The number of benzene rings is 1. The van der Waals surface area contributed by atoms with Crippen LogP contribution in [0.15, 0.2) is 34.3 Å². The van der Waals surface area contributed by atoms with E-state index in [1.807, 2.05) is 0 Å². The molecule has 29 heavy (non-hydrogen) atoms. The zero-order chi connectivity index (χ0) is 21.3. The second-order valence-corrected chi connectivity index (χ2v) is 9.32. The summed E-state index contributed by atoms with van der Waals surface area (Å²) in [7, 11) is -3.82. The molecule has 3 N–H and O–H groups in total. The average Bonchev–Trinajstić information content (AvgIpc) is 3.09. The lowest BCUT2D eigenvalue weighted by Gasteiger charge is -2.23. The molecule has 1 fully saturated rings. The summed E-state index contributed by atoms with van der Waals surface area (Å²) in [6.07, 6.45) is 0. The Morgan fingerprint density at radius 1 is 1.10 bits per heavy atom. The number of nitrogens with one attached hydrogen (secondary N) is 3. The van der Waals surface area contributed by atoms with Crippen LogP contribution in [0.3, 0.4) is 0 Å². The summed E-state index contributed by atoms with van der Waals surface area (Å²) in [5.74, 6) is -2.36. The number of aryl methyl sites for hydroxylation is 1. The van der Waals surface area contributed by atoms with Crippen molar-refractivity contribution in [2.75, 3.05) is 10.1 Å². The number of rotatable bonds is 5. The van der Waals surface area contributed by atoms with E-state index in [9.17, 15) is 18.0 Å². The van der Waals surface area contributed by atoms with Gasteiger partial charge in [0.25, 0.3) is 10.0 Å². The van der Waals surface area contributed by atoms with Crippen molar-refractivity contribution in [3.05, 3.63) is 29.3 Å². The van der Waals surface area contributed by atoms with Gasteiger partial charge in [0.05, 0.1) is 28.1 Å². The van der Waals surface area contributed by atoms with Crippen LogP contribution in [0.1, 0.15) is 18.9 Å². The average molecular weight is 435 g/mol. The van der Waals surface area contributed by atoms with Crippen molar-refractivity contribution in [3.63, 3.8) is 0 Å². The van der Waals surface area contributed by atoms with E-state index >= 15 is 0 Å². The molecule has 1 aromatic carbocycles. The van der Waals surface area contributed by atoms with Crippen molar-refractivity contribution in [3.8, 4) is 0 Å². The summed E-state index contributed by atoms with van der Waals surface area (Å²) in [6, 6.07) is 5.67. The van der Waals surface area contributed by atoms with Crippen molar-refractivity contribution in [1.29, 1.82) is 5.41 Å². The van der Waals surface area contributed by atoms with Crippen LogP contribution in [0.4, 0.5) is 10.8 Å². The topological polar surface area (TPSA) is 154 Å². The SMILES string of the molecule is Cc1nnc(NS(=O)(=O)c2ccc(N/N=C3/C(=N)C(C)C(=O)C(C)C3=O)cc2)s1. The molecule has 152 valence electrons. The summed E-state index contributed by atoms with van der Waals surface area (Å²) in [4.78, 5) is 24.2. The van der Waals surface area contributed by atoms with Crippen LogP contribution in [-0.4, -0.2) is 41.6 Å². The summed E-state index contributed by atoms with van der Waals surface area (Å²) in [5, 5.41) is 20.2. The highest BCUT2D eigenvalue weighted by atomic mass is 32.2. The number of sulfonamides is 1. The third kappa shape index (κ3) is 4.22. The lowest BCUT2D eigenvalue weighted by molar-refractivity contribution is -0.130. The van der Waals surface area contributed by atoms with Crippen molar-refractivity contribution in [2.45, 2.75) is 25.7 Å². The summed E-state index contributed by atoms with van der Waals surface area (Å²) in [6.45, 7) is 4.77. The molecule has 1 heterocycles. The number of ketones is 2. The molecule has 0 saturated heterocycles. The van der Waals surface area contributed by atoms with Gasteiger partial charge in [-0.2, -0.15) is 5.10 Å². The van der Waals surface area contributed by atoms with Gasteiger partial charge in [-0.1, -0.05) is 11.3 Å². The van der Waals surface area contributed by atoms with E-state index in [-0.39, 0.29) is 27.2 Å². The third-order valence-electron chi connectivity index (χ3n) is 4.38. The molecule has 3 rings (SSSR count). The van der Waals surface area contributed by atoms with E-state index in [1.54, 1.807) is 13.8 Å². The first-order valence-corrected chi connectivity index (χ1v) is 10.8. The molecule has 0 radical (unpaired) electrons. The van der Waals surface area contributed by atoms with Gasteiger partial charge in [0.2, 0.25) is 5.13 Å². The van der Waals surface area contributed by atoms with E-state index in [0.29, 0.717) is 10.7 Å². The molecule has 1 aromatic heterocycles. The first kappa shape index (κ1) is 20.7. The molecule has 0 amide bonds. The van der Waals surface area contributed by atoms with E-state index in [1.165, 1.54) is 31.2 Å². The smallest absolute Gasteiger partial charge is 0.263 e. The number of Topliss-reactive ketones (excluding diaryl/α,β-unsaturated/α-hetero) is 2. The zero-order valence-electron chi connectivity index (χ0n) is 15.8. The van der Waals surface area contributed by atoms with Crippen LogP contribution in [0.5, 0.6) is 0 Å². The van der Waals surface area contributed by atoms with E-state index < -0.39 is 27.6 Å². The largest absolute Gasteiger partial charge is 0.302 e. The maximum atomic E-state index is 12.4. The minimum absolute atomic E-state index is 0.0119. The van der Waals surface area contributed by atoms with Gasteiger partial charge >= 0.3 is 0 Å². The number of carbonyl (C=O) groups excluding carboxylic acids is 2. The maximum absolute atomic E-state index is 12.4. The molecule has 1 aliphatic rings. The Bertz CT molecular complexity index is 1100. The van der Waals surface area contributed by atoms with Crippen LogP contribution in [0.25, 0.3) is 0 Å². The molecule has 2 unspecified atom stereocenters. The van der Waals surface area contributed by atoms with Crippen LogP contribution in [-0.2, 0) is 19.6 Å². The Balaban J connectivity index is 1.75. The predicted octanol–water partition coefficient (Wildman–Crippen LogP) is 1.86. The standard InChI is InChI=1S/C17H18N6O4S2/c1-8-13(18)14(16(25)9(2)15(8)24)21-20-11-4-6-12(7-5-11)29(26,27)23-17-22-19-10(3)28-17/h4-9,18,20H,1-3H3,(H,22,23)/b18-13?,21-14-.